The van der Waals surface area contributed by atoms with E-state index >= 15 is 0 Å². The molecule has 0 atom stereocenters. The Morgan fingerprint density at radius 1 is 1.29 bits per heavy atom. The quantitative estimate of drug-likeness (QED) is 0.634. The Balaban J connectivity index is 2.61. The average Bonchev–Trinajstić information content (AvgIpc) is 2.37. The van der Waals surface area contributed by atoms with Gasteiger partial charge in [-0.05, 0) is 12.1 Å². The topological polar surface area (TPSA) is 65.5 Å². The zero-order valence-corrected chi connectivity index (χ0v) is 11.9. The highest BCUT2D eigenvalue weighted by Crippen LogP contribution is 2.35. The first-order chi connectivity index (χ1) is 9.65. The largest absolute Gasteiger partial charge is 0.534 e. The maximum absolute atomic E-state index is 12.3. The highest BCUT2D eigenvalue weighted by Gasteiger charge is 2.49. The molecule has 0 unspecified atom stereocenters. The van der Waals surface area contributed by atoms with Gasteiger partial charge in [-0.1, -0.05) is 23.7 Å². The summed E-state index contributed by atoms with van der Waals surface area (Å²) >= 11 is 5.86. The minimum atomic E-state index is -5.85. The van der Waals surface area contributed by atoms with Crippen LogP contribution < -0.4 is 8.92 Å². The minimum absolute atomic E-state index is 0.0901. The van der Waals surface area contributed by atoms with Crippen molar-refractivity contribution in [2.75, 3.05) is 7.11 Å². The second kappa shape index (κ2) is 5.23. The number of halogens is 4. The second-order valence-electron chi connectivity index (χ2n) is 3.79. The number of alkyl halides is 3. The van der Waals surface area contributed by atoms with Crippen LogP contribution in [-0.2, 0) is 10.1 Å². The maximum Gasteiger partial charge on any atom is 0.534 e. The molecular formula is C11H7ClF3NO4S. The predicted molar refractivity (Wildman–Crippen MR) is 68.9 cm³/mol. The van der Waals surface area contributed by atoms with Crippen LogP contribution in [0, 0.1) is 0 Å². The van der Waals surface area contributed by atoms with Gasteiger partial charge in [-0.25, -0.2) is 4.98 Å². The van der Waals surface area contributed by atoms with E-state index in [0.717, 1.165) is 7.11 Å². The molecule has 0 spiro atoms. The first-order valence-electron chi connectivity index (χ1n) is 5.30. The summed E-state index contributed by atoms with van der Waals surface area (Å²) in [5, 5.41) is 0.584. The van der Waals surface area contributed by atoms with Crippen molar-refractivity contribution in [1.29, 1.82) is 0 Å². The molecule has 0 amide bonds. The summed E-state index contributed by atoms with van der Waals surface area (Å²) in [5.41, 5.74) is -5.48. The summed E-state index contributed by atoms with van der Waals surface area (Å²) in [6.07, 6.45) is 0. The van der Waals surface area contributed by atoms with Crippen LogP contribution >= 0.6 is 11.6 Å². The van der Waals surface area contributed by atoms with Gasteiger partial charge in [0.1, 0.15) is 0 Å². The number of nitrogens with zero attached hydrogens (tertiary/aromatic N) is 1. The van der Waals surface area contributed by atoms with E-state index in [1.165, 1.54) is 12.1 Å². The molecule has 0 aliphatic carbocycles. The number of para-hydroxylation sites is 1. The lowest BCUT2D eigenvalue weighted by atomic mass is 10.2. The number of rotatable bonds is 3. The van der Waals surface area contributed by atoms with Gasteiger partial charge in [0.05, 0.1) is 17.6 Å². The van der Waals surface area contributed by atoms with E-state index in [9.17, 15) is 21.6 Å². The van der Waals surface area contributed by atoms with Crippen LogP contribution in [0.1, 0.15) is 0 Å². The fourth-order valence-electron chi connectivity index (χ4n) is 1.48. The van der Waals surface area contributed by atoms with Crippen molar-refractivity contribution >= 4 is 32.6 Å². The predicted octanol–water partition coefficient (Wildman–Crippen LogP) is 3.13. The molecule has 5 nitrogen and oxygen atoms in total. The lowest BCUT2D eigenvalue weighted by Crippen LogP contribution is -2.28. The number of aromatic nitrogens is 1. The van der Waals surface area contributed by atoms with Gasteiger partial charge in [-0.2, -0.15) is 21.6 Å². The summed E-state index contributed by atoms with van der Waals surface area (Å²) in [6, 6.07) is 5.90. The molecule has 1 aromatic carbocycles. The standard InChI is InChI=1S/C11H7ClF3NO4S/c1-19-8-5-6-3-2-4-7(12)9(6)16-10(8)20-21(17,18)11(13,14)15/h2-5H,1H3. The Bertz CT molecular complexity index is 792. The Hall–Kier alpha value is -1.74. The van der Waals surface area contributed by atoms with Crippen LogP contribution in [0.25, 0.3) is 10.9 Å². The van der Waals surface area contributed by atoms with Crippen molar-refractivity contribution < 1.29 is 30.5 Å². The van der Waals surface area contributed by atoms with E-state index in [-0.39, 0.29) is 16.3 Å². The third kappa shape index (κ3) is 2.98. The zero-order chi connectivity index (χ0) is 15.8. The Kier molecular flexibility index (Phi) is 3.89. The number of benzene rings is 1. The smallest absolute Gasteiger partial charge is 0.491 e. The van der Waals surface area contributed by atoms with Crippen molar-refractivity contribution in [2.45, 2.75) is 5.51 Å². The number of methoxy groups -OCH3 is 1. The molecule has 0 fully saturated rings. The first-order valence-corrected chi connectivity index (χ1v) is 7.08. The van der Waals surface area contributed by atoms with Gasteiger partial charge in [0, 0.05) is 5.39 Å². The van der Waals surface area contributed by atoms with Crippen molar-refractivity contribution in [3.8, 4) is 11.6 Å². The molecule has 1 heterocycles. The highest BCUT2D eigenvalue weighted by atomic mass is 35.5. The van der Waals surface area contributed by atoms with E-state index in [1.807, 2.05) is 0 Å². The van der Waals surface area contributed by atoms with Crippen LogP contribution in [0.2, 0.25) is 5.02 Å². The molecule has 0 bridgehead atoms. The Morgan fingerprint density at radius 3 is 2.52 bits per heavy atom. The van der Waals surface area contributed by atoms with E-state index in [4.69, 9.17) is 16.3 Å². The zero-order valence-electron chi connectivity index (χ0n) is 10.3. The summed E-state index contributed by atoms with van der Waals surface area (Å²) in [7, 11) is -4.71. The number of hydrogen-bond acceptors (Lipinski definition) is 5. The van der Waals surface area contributed by atoms with E-state index in [2.05, 4.69) is 9.17 Å². The molecule has 2 aromatic rings. The van der Waals surface area contributed by atoms with Gasteiger partial charge in [0.15, 0.2) is 5.75 Å². The Morgan fingerprint density at radius 2 is 1.95 bits per heavy atom. The Labute approximate surface area is 122 Å². The number of ether oxygens (including phenoxy) is 1. The van der Waals surface area contributed by atoms with Crippen LogP contribution in [0.15, 0.2) is 24.3 Å². The molecule has 114 valence electrons. The average molecular weight is 342 g/mol. The molecule has 1 aromatic heterocycles. The molecule has 0 radical (unpaired) electrons. The van der Waals surface area contributed by atoms with E-state index in [1.54, 1.807) is 12.1 Å². The monoisotopic (exact) mass is 341 g/mol. The van der Waals surface area contributed by atoms with Gasteiger partial charge < -0.3 is 8.92 Å². The molecule has 2 rings (SSSR count). The minimum Gasteiger partial charge on any atom is -0.491 e. The van der Waals surface area contributed by atoms with E-state index in [0.29, 0.717) is 5.39 Å². The van der Waals surface area contributed by atoms with Gasteiger partial charge in [-0.15, -0.1) is 0 Å². The summed E-state index contributed by atoms with van der Waals surface area (Å²) in [4.78, 5) is 3.69. The molecule has 0 aliphatic heterocycles. The number of fused-ring (bicyclic) bond motifs is 1. The summed E-state index contributed by atoms with van der Waals surface area (Å²) < 4.78 is 67.9. The van der Waals surface area contributed by atoms with Gasteiger partial charge >= 0.3 is 15.6 Å². The fourth-order valence-corrected chi connectivity index (χ4v) is 2.13. The first kappa shape index (κ1) is 15.6. The van der Waals surface area contributed by atoms with Crippen molar-refractivity contribution in [2.24, 2.45) is 0 Å². The van der Waals surface area contributed by atoms with Crippen LogP contribution in [0.3, 0.4) is 0 Å². The van der Waals surface area contributed by atoms with Crippen molar-refractivity contribution in [3.05, 3.63) is 29.3 Å². The molecular weight excluding hydrogens is 335 g/mol. The number of hydrogen-bond donors (Lipinski definition) is 0. The summed E-state index contributed by atoms with van der Waals surface area (Å²) in [5.74, 6) is -1.10. The van der Waals surface area contributed by atoms with Crippen molar-refractivity contribution in [1.82, 2.24) is 4.98 Å². The highest BCUT2D eigenvalue weighted by molar-refractivity contribution is 7.88. The van der Waals surface area contributed by atoms with Gasteiger partial charge in [0.25, 0.3) is 5.88 Å². The lowest BCUT2D eigenvalue weighted by molar-refractivity contribution is -0.0501. The molecule has 0 aliphatic rings. The molecule has 10 heteroatoms. The second-order valence-corrected chi connectivity index (χ2v) is 5.74. The van der Waals surface area contributed by atoms with Crippen LogP contribution in [0.4, 0.5) is 13.2 Å². The molecule has 0 N–H and O–H groups in total. The summed E-state index contributed by atoms with van der Waals surface area (Å²) in [6.45, 7) is 0. The van der Waals surface area contributed by atoms with Crippen LogP contribution in [0.5, 0.6) is 11.6 Å². The number of pyridine rings is 1. The van der Waals surface area contributed by atoms with Gasteiger partial charge in [-0.3, -0.25) is 0 Å². The van der Waals surface area contributed by atoms with Gasteiger partial charge in [0.2, 0.25) is 0 Å². The lowest BCUT2D eigenvalue weighted by Gasteiger charge is -2.12. The third-order valence-electron chi connectivity index (χ3n) is 2.42. The SMILES string of the molecule is COc1cc2cccc(Cl)c2nc1OS(=O)(=O)C(F)(F)F. The molecule has 0 saturated carbocycles. The third-order valence-corrected chi connectivity index (χ3v) is 3.67. The van der Waals surface area contributed by atoms with Crippen molar-refractivity contribution in [3.63, 3.8) is 0 Å². The maximum atomic E-state index is 12.3. The fraction of sp³-hybridized carbons (Fsp3) is 0.182. The molecule has 0 saturated heterocycles. The van der Waals surface area contributed by atoms with E-state index < -0.39 is 21.5 Å². The van der Waals surface area contributed by atoms with Crippen LogP contribution in [-0.4, -0.2) is 26.0 Å². The normalized spacial score (nSPS) is 12.4. The molecule has 21 heavy (non-hydrogen) atoms.